The van der Waals surface area contributed by atoms with Crippen molar-refractivity contribution in [1.29, 1.82) is 0 Å². The fourth-order valence-corrected chi connectivity index (χ4v) is 6.48. The van der Waals surface area contributed by atoms with E-state index in [1.165, 1.54) is 70.6 Å². The molecule has 0 saturated carbocycles. The number of unbranched alkanes of at least 4 members (excludes halogenated alkanes) is 20. The molecule has 0 heterocycles. The minimum absolute atomic E-state index is 0.0452. The smallest absolute Gasteiger partial charge is 0.306 e. The zero-order valence-corrected chi connectivity index (χ0v) is 36.1. The second-order valence-electron chi connectivity index (χ2n) is 15.7. The highest BCUT2D eigenvalue weighted by molar-refractivity contribution is 7.45. The zero-order chi connectivity index (χ0) is 40.2. The van der Waals surface area contributed by atoms with Crippen LogP contribution in [0.4, 0.5) is 0 Å². The van der Waals surface area contributed by atoms with Crippen LogP contribution in [0.15, 0.2) is 24.3 Å². The van der Waals surface area contributed by atoms with E-state index in [2.05, 4.69) is 19.9 Å². The normalized spacial score (nSPS) is 13.7. The Morgan fingerprint density at radius 1 is 0.611 bits per heavy atom. The summed E-state index contributed by atoms with van der Waals surface area (Å²) in [5.74, 6) is -0.717. The first kappa shape index (κ1) is 52.2. The molecule has 0 rings (SSSR count). The van der Waals surface area contributed by atoms with Crippen molar-refractivity contribution in [3.8, 4) is 0 Å². The lowest BCUT2D eigenvalue weighted by molar-refractivity contribution is -0.870. The lowest BCUT2D eigenvalue weighted by Crippen LogP contribution is -2.37. The van der Waals surface area contributed by atoms with Crippen LogP contribution >= 0.6 is 7.82 Å². The van der Waals surface area contributed by atoms with Crippen molar-refractivity contribution in [2.45, 2.75) is 187 Å². The summed E-state index contributed by atoms with van der Waals surface area (Å²) in [6.07, 6.45) is 33.2. The van der Waals surface area contributed by atoms with Crippen molar-refractivity contribution in [1.82, 2.24) is 0 Å². The summed E-state index contributed by atoms with van der Waals surface area (Å²) in [7, 11) is 1.11. The first-order valence-corrected chi connectivity index (χ1v) is 23.0. The van der Waals surface area contributed by atoms with Crippen molar-refractivity contribution in [2.24, 2.45) is 0 Å². The first-order valence-electron chi connectivity index (χ1n) is 21.5. The largest absolute Gasteiger partial charge is 0.756 e. The quantitative estimate of drug-likeness (QED) is 0.0149. The number of phosphoric acid groups is 1. The molecule has 54 heavy (non-hydrogen) atoms. The van der Waals surface area contributed by atoms with Gasteiger partial charge in [0.25, 0.3) is 7.82 Å². The van der Waals surface area contributed by atoms with E-state index in [9.17, 15) is 23.8 Å². The van der Waals surface area contributed by atoms with Crippen molar-refractivity contribution in [2.75, 3.05) is 47.5 Å². The fraction of sp³-hybridized carbons (Fsp3) is 0.837. The molecule has 11 heteroatoms. The lowest BCUT2D eigenvalue weighted by atomic mass is 10.0. The molecule has 316 valence electrons. The molecule has 0 spiro atoms. The van der Waals surface area contributed by atoms with Crippen LogP contribution in [0.5, 0.6) is 0 Å². The molecule has 0 fully saturated rings. The summed E-state index contributed by atoms with van der Waals surface area (Å²) in [5.41, 5.74) is 0. The first-order chi connectivity index (χ1) is 25.9. The van der Waals surface area contributed by atoms with Gasteiger partial charge >= 0.3 is 11.9 Å². The molecular formula is C43H80NO9P. The van der Waals surface area contributed by atoms with Crippen molar-refractivity contribution >= 4 is 25.5 Å². The predicted molar refractivity (Wildman–Crippen MR) is 218 cm³/mol. The van der Waals surface area contributed by atoms with E-state index in [0.717, 1.165) is 70.6 Å². The van der Waals surface area contributed by atoms with E-state index in [1.54, 1.807) is 6.08 Å². The molecule has 0 aliphatic heterocycles. The summed E-state index contributed by atoms with van der Waals surface area (Å²) in [4.78, 5) is 49.2. The Kier molecular flexibility index (Phi) is 34.4. The van der Waals surface area contributed by atoms with Crippen LogP contribution < -0.4 is 4.89 Å². The number of likely N-dealkylation sites (N-methyl/N-ethyl adjacent to an activating group) is 1. The number of allylic oxidation sites excluding steroid dienone is 4. The third-order valence-corrected chi connectivity index (χ3v) is 10.2. The van der Waals surface area contributed by atoms with Gasteiger partial charge < -0.3 is 27.9 Å². The molecule has 0 aromatic carbocycles. The van der Waals surface area contributed by atoms with Gasteiger partial charge in [0.2, 0.25) is 0 Å². The predicted octanol–water partition coefficient (Wildman–Crippen LogP) is 10.5. The van der Waals surface area contributed by atoms with Gasteiger partial charge in [-0.25, -0.2) is 0 Å². The Labute approximate surface area is 330 Å². The van der Waals surface area contributed by atoms with Gasteiger partial charge in [-0.3, -0.25) is 18.9 Å². The second-order valence-corrected chi connectivity index (χ2v) is 17.2. The molecule has 0 radical (unpaired) electrons. The molecule has 0 amide bonds. The van der Waals surface area contributed by atoms with Crippen LogP contribution in [0.1, 0.15) is 181 Å². The number of esters is 2. The van der Waals surface area contributed by atoms with E-state index >= 15 is 0 Å². The number of carbonyl (C=O) groups is 3. The highest BCUT2D eigenvalue weighted by Crippen LogP contribution is 2.38. The fourth-order valence-electron chi connectivity index (χ4n) is 5.75. The molecule has 0 aliphatic carbocycles. The highest BCUT2D eigenvalue weighted by Gasteiger charge is 2.21. The number of nitrogens with zero attached hydrogens (tertiary/aromatic N) is 1. The van der Waals surface area contributed by atoms with Crippen LogP contribution in [-0.4, -0.2) is 75.8 Å². The van der Waals surface area contributed by atoms with Gasteiger partial charge in [0, 0.05) is 19.3 Å². The summed E-state index contributed by atoms with van der Waals surface area (Å²) in [5, 5.41) is 0. The van der Waals surface area contributed by atoms with Gasteiger partial charge in [-0.2, -0.15) is 0 Å². The molecule has 10 nitrogen and oxygen atoms in total. The molecular weight excluding hydrogens is 705 g/mol. The van der Waals surface area contributed by atoms with Crippen LogP contribution in [0.25, 0.3) is 0 Å². The lowest BCUT2D eigenvalue weighted by Gasteiger charge is -2.28. The molecule has 0 N–H and O–H groups in total. The Morgan fingerprint density at radius 3 is 1.65 bits per heavy atom. The van der Waals surface area contributed by atoms with Gasteiger partial charge in [0.15, 0.2) is 11.9 Å². The average Bonchev–Trinajstić information content (AvgIpc) is 3.11. The second kappa shape index (κ2) is 35.6. The number of carbonyl (C=O) groups excluding carboxylic acids is 3. The zero-order valence-electron chi connectivity index (χ0n) is 35.2. The molecule has 0 saturated heterocycles. The van der Waals surface area contributed by atoms with Gasteiger partial charge in [-0.1, -0.05) is 148 Å². The highest BCUT2D eigenvalue weighted by atomic mass is 31.2. The molecule has 0 aliphatic rings. The molecule has 0 aromatic rings. The summed E-state index contributed by atoms with van der Waals surface area (Å²) < 4.78 is 33.8. The average molecular weight is 786 g/mol. The minimum Gasteiger partial charge on any atom is -0.756 e. The third-order valence-electron chi connectivity index (χ3n) is 9.20. The van der Waals surface area contributed by atoms with E-state index in [0.29, 0.717) is 23.9 Å². The number of hydrogen-bond donors (Lipinski definition) is 0. The molecule has 0 aromatic heterocycles. The topological polar surface area (TPSA) is 128 Å². The summed E-state index contributed by atoms with van der Waals surface area (Å²) in [6.45, 7) is 4.02. The van der Waals surface area contributed by atoms with E-state index in [-0.39, 0.29) is 31.8 Å². The number of rotatable bonds is 39. The number of phosphoric ester groups is 1. The van der Waals surface area contributed by atoms with Crippen LogP contribution in [0.3, 0.4) is 0 Å². The van der Waals surface area contributed by atoms with Crippen molar-refractivity contribution in [3.05, 3.63) is 24.3 Å². The number of ether oxygens (including phenoxy) is 2. The molecule has 2 atom stereocenters. The van der Waals surface area contributed by atoms with Crippen molar-refractivity contribution in [3.63, 3.8) is 0 Å². The van der Waals surface area contributed by atoms with E-state index < -0.39 is 32.5 Å². The Balaban J connectivity index is 4.43. The van der Waals surface area contributed by atoms with Crippen LogP contribution in [0, 0.1) is 0 Å². The number of hydrogen-bond acceptors (Lipinski definition) is 9. The third kappa shape index (κ3) is 38.4. The Bertz CT molecular complexity index is 1040. The SMILES string of the molecule is CCCCCCCCCCCCCCCCC(=O)OC[C@H](COP(=O)([O-])OCC[N+](C)(C)C)OC(=O)CCCCCCC/C=C\C=C\C(=O)CCCCC. The van der Waals surface area contributed by atoms with E-state index in [1.807, 2.05) is 33.3 Å². The van der Waals surface area contributed by atoms with Gasteiger partial charge in [-0.15, -0.1) is 0 Å². The minimum atomic E-state index is -4.64. The Morgan fingerprint density at radius 2 is 1.09 bits per heavy atom. The van der Waals surface area contributed by atoms with E-state index in [4.69, 9.17) is 18.5 Å². The molecule has 1 unspecified atom stereocenters. The maximum absolute atomic E-state index is 12.6. The van der Waals surface area contributed by atoms with Crippen LogP contribution in [0.2, 0.25) is 0 Å². The maximum atomic E-state index is 12.6. The van der Waals surface area contributed by atoms with Crippen LogP contribution in [-0.2, 0) is 37.5 Å². The maximum Gasteiger partial charge on any atom is 0.306 e. The number of ketones is 1. The van der Waals surface area contributed by atoms with Gasteiger partial charge in [0.1, 0.15) is 19.8 Å². The summed E-state index contributed by atoms with van der Waals surface area (Å²) in [6, 6.07) is 0. The summed E-state index contributed by atoms with van der Waals surface area (Å²) >= 11 is 0. The number of quaternary nitrogens is 1. The monoisotopic (exact) mass is 786 g/mol. The van der Waals surface area contributed by atoms with Crippen molar-refractivity contribution < 1.29 is 46.8 Å². The van der Waals surface area contributed by atoms with Gasteiger partial charge in [0.05, 0.1) is 27.7 Å². The standard InChI is InChI=1S/C43H80NO9P/c1-6-8-10-11-12-13-14-15-16-17-20-23-26-30-34-42(46)50-38-41(39-52-54(48,49)51-37-36-44(3,4)5)53-43(47)35-31-27-24-21-18-19-22-25-29-33-40(45)32-28-9-7-2/h22,25,29,33,41H,6-21,23-24,26-28,30-32,34-39H2,1-5H3/b25-22-,33-29+/t41-/m1/s1. The van der Waals surface area contributed by atoms with Gasteiger partial charge in [-0.05, 0) is 38.2 Å². The Hall–Kier alpha value is -1.84. The molecule has 0 bridgehead atoms.